The van der Waals surface area contributed by atoms with Crippen LogP contribution in [0.2, 0.25) is 0 Å². The lowest BCUT2D eigenvalue weighted by Crippen LogP contribution is -2.33. The van der Waals surface area contributed by atoms with Crippen molar-refractivity contribution in [1.82, 2.24) is 15.1 Å². The Hall–Kier alpha value is -1.59. The molecule has 0 bridgehead atoms. The molecule has 84 valence electrons. The molecule has 0 saturated carbocycles. The van der Waals surface area contributed by atoms with Crippen molar-refractivity contribution in [2.45, 2.75) is 12.8 Å². The fraction of sp³-hybridized carbons (Fsp3) is 0.667. The molecule has 15 heavy (non-hydrogen) atoms. The van der Waals surface area contributed by atoms with E-state index in [0.717, 1.165) is 0 Å². The van der Waals surface area contributed by atoms with Crippen LogP contribution in [0.5, 0.6) is 0 Å². The third-order valence-electron chi connectivity index (χ3n) is 2.30. The monoisotopic (exact) mass is 213 g/mol. The van der Waals surface area contributed by atoms with E-state index in [1.54, 1.807) is 14.1 Å². The Labute approximate surface area is 88.2 Å². The van der Waals surface area contributed by atoms with Crippen molar-refractivity contribution in [3.05, 3.63) is 0 Å². The van der Waals surface area contributed by atoms with Crippen molar-refractivity contribution >= 4 is 17.8 Å². The molecule has 0 aromatic carbocycles. The molecule has 1 N–H and O–H groups in total. The molecular weight excluding hydrogens is 198 g/mol. The van der Waals surface area contributed by atoms with Crippen molar-refractivity contribution in [3.63, 3.8) is 0 Å². The zero-order chi connectivity index (χ0) is 11.4. The predicted molar refractivity (Wildman–Crippen MR) is 53.0 cm³/mol. The van der Waals surface area contributed by atoms with E-state index < -0.39 is 0 Å². The van der Waals surface area contributed by atoms with Crippen molar-refractivity contribution in [3.8, 4) is 0 Å². The summed E-state index contributed by atoms with van der Waals surface area (Å²) in [7, 11) is 3.14. The number of nitrogens with zero attached hydrogens (tertiary/aromatic N) is 2. The first-order valence-corrected chi connectivity index (χ1v) is 4.82. The van der Waals surface area contributed by atoms with Gasteiger partial charge < -0.3 is 10.2 Å². The highest BCUT2D eigenvalue weighted by Gasteiger charge is 2.32. The van der Waals surface area contributed by atoms with E-state index >= 15 is 0 Å². The first-order valence-electron chi connectivity index (χ1n) is 4.82. The fourth-order valence-electron chi connectivity index (χ4n) is 1.41. The summed E-state index contributed by atoms with van der Waals surface area (Å²) in [6.45, 7) is 0.453. The second-order valence-corrected chi connectivity index (χ2v) is 3.46. The van der Waals surface area contributed by atoms with Crippen LogP contribution in [0.25, 0.3) is 0 Å². The standard InChI is InChI=1S/C9H15N3O3/c1-10-7(13)4-3-5-12-8(14)6-11(2)9(12)15/h3-6H2,1-2H3,(H,10,13). The number of carbonyl (C=O) groups is 3. The lowest BCUT2D eigenvalue weighted by atomic mass is 10.3. The summed E-state index contributed by atoms with van der Waals surface area (Å²) >= 11 is 0. The first-order chi connectivity index (χ1) is 7.06. The Kier molecular flexibility index (Phi) is 3.65. The van der Waals surface area contributed by atoms with E-state index in [9.17, 15) is 14.4 Å². The Balaban J connectivity index is 2.36. The average molecular weight is 213 g/mol. The second kappa shape index (κ2) is 4.77. The number of amides is 4. The van der Waals surface area contributed by atoms with Crippen molar-refractivity contribution in [1.29, 1.82) is 0 Å². The molecule has 1 fully saturated rings. The minimum absolute atomic E-state index is 0.0811. The average Bonchev–Trinajstić information content (AvgIpc) is 2.44. The predicted octanol–water partition coefficient (Wildman–Crippen LogP) is -0.593. The van der Waals surface area contributed by atoms with Crippen molar-refractivity contribution < 1.29 is 14.4 Å². The van der Waals surface area contributed by atoms with E-state index in [0.29, 0.717) is 19.4 Å². The fourth-order valence-corrected chi connectivity index (χ4v) is 1.41. The maximum Gasteiger partial charge on any atom is 0.326 e. The highest BCUT2D eigenvalue weighted by Crippen LogP contribution is 2.08. The molecule has 0 unspecified atom stereocenters. The molecule has 1 heterocycles. The lowest BCUT2D eigenvalue weighted by Gasteiger charge is -2.13. The van der Waals surface area contributed by atoms with Crippen LogP contribution in [0.4, 0.5) is 4.79 Å². The van der Waals surface area contributed by atoms with Gasteiger partial charge >= 0.3 is 6.03 Å². The molecule has 1 saturated heterocycles. The summed E-state index contributed by atoms with van der Waals surface area (Å²) in [6.07, 6.45) is 0.836. The topological polar surface area (TPSA) is 69.7 Å². The van der Waals surface area contributed by atoms with Crippen LogP contribution in [-0.4, -0.2) is 54.8 Å². The highest BCUT2D eigenvalue weighted by atomic mass is 16.2. The largest absolute Gasteiger partial charge is 0.359 e. The van der Waals surface area contributed by atoms with Crippen molar-refractivity contribution in [2.24, 2.45) is 0 Å². The van der Waals surface area contributed by atoms with E-state index in [-0.39, 0.29) is 24.4 Å². The van der Waals surface area contributed by atoms with Gasteiger partial charge in [-0.3, -0.25) is 14.5 Å². The van der Waals surface area contributed by atoms with Gasteiger partial charge in [-0.2, -0.15) is 0 Å². The Morgan fingerprint density at radius 2 is 2.13 bits per heavy atom. The SMILES string of the molecule is CNC(=O)CCCN1C(=O)CN(C)C1=O. The zero-order valence-corrected chi connectivity index (χ0v) is 8.95. The molecule has 6 heteroatoms. The van der Waals surface area contributed by atoms with E-state index in [4.69, 9.17) is 0 Å². The summed E-state index contributed by atoms with van der Waals surface area (Å²) in [6, 6.07) is -0.281. The maximum absolute atomic E-state index is 11.4. The molecule has 0 radical (unpaired) electrons. The molecule has 4 amide bonds. The minimum Gasteiger partial charge on any atom is -0.359 e. The molecule has 0 aromatic rings. The van der Waals surface area contributed by atoms with Crippen LogP contribution < -0.4 is 5.32 Å². The minimum atomic E-state index is -0.281. The van der Waals surface area contributed by atoms with Crippen LogP contribution >= 0.6 is 0 Å². The van der Waals surface area contributed by atoms with E-state index in [1.165, 1.54) is 9.80 Å². The third-order valence-corrected chi connectivity index (χ3v) is 2.30. The molecule has 1 aliphatic rings. The molecule has 0 spiro atoms. The molecule has 1 aliphatic heterocycles. The highest BCUT2D eigenvalue weighted by molar-refractivity contribution is 6.01. The van der Waals surface area contributed by atoms with Gasteiger partial charge in [0, 0.05) is 27.1 Å². The number of carbonyl (C=O) groups excluding carboxylic acids is 3. The Morgan fingerprint density at radius 1 is 1.47 bits per heavy atom. The van der Waals surface area contributed by atoms with Gasteiger partial charge in [0.05, 0.1) is 0 Å². The molecule has 1 rings (SSSR count). The number of nitrogens with one attached hydrogen (secondary N) is 1. The maximum atomic E-state index is 11.4. The van der Waals surface area contributed by atoms with E-state index in [1.807, 2.05) is 0 Å². The number of likely N-dealkylation sites (N-methyl/N-ethyl adjacent to an activating group) is 1. The lowest BCUT2D eigenvalue weighted by molar-refractivity contribution is -0.126. The van der Waals surface area contributed by atoms with Gasteiger partial charge in [-0.25, -0.2) is 4.79 Å². The molecule has 6 nitrogen and oxygen atoms in total. The van der Waals surface area contributed by atoms with Gasteiger partial charge in [0.15, 0.2) is 0 Å². The summed E-state index contributed by atoms with van der Waals surface area (Å²) in [5.74, 6) is -0.276. The molecule has 0 atom stereocenters. The van der Waals surface area contributed by atoms with Gasteiger partial charge in [0.1, 0.15) is 6.54 Å². The summed E-state index contributed by atoms with van der Waals surface area (Å²) in [5.41, 5.74) is 0. The number of urea groups is 1. The zero-order valence-electron chi connectivity index (χ0n) is 8.95. The smallest absolute Gasteiger partial charge is 0.326 e. The molecule has 0 aliphatic carbocycles. The number of hydrogen-bond donors (Lipinski definition) is 1. The number of rotatable bonds is 4. The normalized spacial score (nSPS) is 16.1. The van der Waals surface area contributed by atoms with Gasteiger partial charge in [-0.05, 0) is 6.42 Å². The third kappa shape index (κ3) is 2.68. The number of imide groups is 1. The van der Waals surface area contributed by atoms with Crippen LogP contribution in [0, 0.1) is 0 Å². The summed E-state index contributed by atoms with van der Waals surface area (Å²) < 4.78 is 0. The van der Waals surface area contributed by atoms with Gasteiger partial charge in [0.25, 0.3) is 0 Å². The van der Waals surface area contributed by atoms with Crippen LogP contribution in [0.3, 0.4) is 0 Å². The quantitative estimate of drug-likeness (QED) is 0.634. The van der Waals surface area contributed by atoms with Gasteiger partial charge in [-0.15, -0.1) is 0 Å². The van der Waals surface area contributed by atoms with Crippen LogP contribution in [-0.2, 0) is 9.59 Å². The van der Waals surface area contributed by atoms with Gasteiger partial charge in [0.2, 0.25) is 11.8 Å². The molecular formula is C9H15N3O3. The second-order valence-electron chi connectivity index (χ2n) is 3.46. The van der Waals surface area contributed by atoms with Gasteiger partial charge in [-0.1, -0.05) is 0 Å². The first kappa shape index (κ1) is 11.5. The summed E-state index contributed by atoms with van der Waals surface area (Å²) in [4.78, 5) is 36.1. The van der Waals surface area contributed by atoms with E-state index in [2.05, 4.69) is 5.32 Å². The van der Waals surface area contributed by atoms with Crippen molar-refractivity contribution in [2.75, 3.05) is 27.2 Å². The number of hydrogen-bond acceptors (Lipinski definition) is 3. The summed E-state index contributed by atoms with van der Waals surface area (Å²) in [5, 5.41) is 2.48. The Morgan fingerprint density at radius 3 is 2.60 bits per heavy atom. The van der Waals surface area contributed by atoms with Crippen LogP contribution in [0.15, 0.2) is 0 Å². The molecule has 0 aromatic heterocycles. The van der Waals surface area contributed by atoms with Crippen LogP contribution in [0.1, 0.15) is 12.8 Å². The Bertz CT molecular complexity index is 290.